The van der Waals surface area contributed by atoms with Crippen LogP contribution in [0.2, 0.25) is 0 Å². The van der Waals surface area contributed by atoms with Crippen molar-refractivity contribution in [1.82, 2.24) is 0 Å². The van der Waals surface area contributed by atoms with E-state index in [0.29, 0.717) is 6.42 Å². The van der Waals surface area contributed by atoms with Crippen LogP contribution in [0.4, 0.5) is 5.69 Å². The molecule has 0 atom stereocenters. The number of Topliss-reactive ketones (excluding diaryl/α,β-unsaturated/α-hetero) is 1. The molecule has 0 saturated carbocycles. The first kappa shape index (κ1) is 14.4. The average molecular weight is 251 g/mol. The number of hydrogen-bond donors (Lipinski definition) is 1. The molecule has 0 aliphatic heterocycles. The standard InChI is InChI=1S/C14H21NO3/c1-10(16)6-5-9-15-12-7-8-13(17-3)11(2)14(12)18-4/h7-8,15H,5-6,9H2,1-4H3. The molecule has 100 valence electrons. The molecule has 0 spiro atoms. The van der Waals surface area contributed by atoms with Crippen molar-refractivity contribution in [2.45, 2.75) is 26.7 Å². The number of carbonyl (C=O) groups is 1. The third-order valence-corrected chi connectivity index (χ3v) is 2.80. The molecule has 0 heterocycles. The minimum Gasteiger partial charge on any atom is -0.496 e. The molecule has 0 aliphatic carbocycles. The Kier molecular flexibility index (Phi) is 5.49. The summed E-state index contributed by atoms with van der Waals surface area (Å²) in [5.74, 6) is 1.81. The molecular weight excluding hydrogens is 230 g/mol. The zero-order valence-corrected chi connectivity index (χ0v) is 11.5. The quantitative estimate of drug-likeness (QED) is 0.757. The van der Waals surface area contributed by atoms with Gasteiger partial charge in [-0.05, 0) is 32.4 Å². The summed E-state index contributed by atoms with van der Waals surface area (Å²) in [4.78, 5) is 10.8. The minimum atomic E-state index is 0.217. The van der Waals surface area contributed by atoms with E-state index >= 15 is 0 Å². The molecule has 0 bridgehead atoms. The van der Waals surface area contributed by atoms with E-state index in [0.717, 1.165) is 35.7 Å². The number of ketones is 1. The van der Waals surface area contributed by atoms with E-state index in [-0.39, 0.29) is 5.78 Å². The van der Waals surface area contributed by atoms with Gasteiger partial charge in [-0.2, -0.15) is 0 Å². The van der Waals surface area contributed by atoms with Gasteiger partial charge in [0.05, 0.1) is 19.9 Å². The molecular formula is C14H21NO3. The fourth-order valence-corrected chi connectivity index (χ4v) is 1.86. The van der Waals surface area contributed by atoms with Gasteiger partial charge in [0.25, 0.3) is 0 Å². The average Bonchev–Trinajstić information content (AvgIpc) is 2.34. The van der Waals surface area contributed by atoms with Crippen molar-refractivity contribution >= 4 is 11.5 Å². The normalized spacial score (nSPS) is 10.0. The SMILES string of the molecule is COc1ccc(NCCCC(C)=O)c(OC)c1C. The summed E-state index contributed by atoms with van der Waals surface area (Å²) in [5.41, 5.74) is 1.90. The maximum Gasteiger partial charge on any atom is 0.148 e. The predicted molar refractivity (Wildman–Crippen MR) is 72.7 cm³/mol. The summed E-state index contributed by atoms with van der Waals surface area (Å²) < 4.78 is 10.6. The minimum absolute atomic E-state index is 0.217. The van der Waals surface area contributed by atoms with E-state index < -0.39 is 0 Å². The van der Waals surface area contributed by atoms with Crippen LogP contribution in [0.15, 0.2) is 12.1 Å². The van der Waals surface area contributed by atoms with Gasteiger partial charge in [0.15, 0.2) is 0 Å². The zero-order valence-electron chi connectivity index (χ0n) is 11.5. The number of methoxy groups -OCH3 is 2. The van der Waals surface area contributed by atoms with Crippen LogP contribution in [0.5, 0.6) is 11.5 Å². The Labute approximate surface area is 108 Å². The van der Waals surface area contributed by atoms with E-state index in [1.807, 2.05) is 19.1 Å². The summed E-state index contributed by atoms with van der Waals surface area (Å²) >= 11 is 0. The molecule has 0 saturated heterocycles. The monoisotopic (exact) mass is 251 g/mol. The van der Waals surface area contributed by atoms with E-state index in [1.165, 1.54) is 0 Å². The summed E-state index contributed by atoms with van der Waals surface area (Å²) in [5, 5.41) is 3.28. The van der Waals surface area contributed by atoms with Crippen molar-refractivity contribution in [2.75, 3.05) is 26.1 Å². The summed E-state index contributed by atoms with van der Waals surface area (Å²) in [6.45, 7) is 4.32. The van der Waals surface area contributed by atoms with Crippen LogP contribution in [0, 0.1) is 6.92 Å². The second-order valence-corrected chi connectivity index (χ2v) is 4.21. The number of hydrogen-bond acceptors (Lipinski definition) is 4. The summed E-state index contributed by atoms with van der Waals surface area (Å²) in [7, 11) is 3.28. The Morgan fingerprint density at radius 3 is 2.56 bits per heavy atom. The maximum atomic E-state index is 10.8. The molecule has 18 heavy (non-hydrogen) atoms. The van der Waals surface area contributed by atoms with Crippen molar-refractivity contribution in [3.05, 3.63) is 17.7 Å². The van der Waals surface area contributed by atoms with Crippen molar-refractivity contribution in [3.63, 3.8) is 0 Å². The van der Waals surface area contributed by atoms with E-state index in [1.54, 1.807) is 21.1 Å². The van der Waals surface area contributed by atoms with E-state index in [2.05, 4.69) is 5.32 Å². The fraction of sp³-hybridized carbons (Fsp3) is 0.500. The van der Waals surface area contributed by atoms with Gasteiger partial charge < -0.3 is 19.6 Å². The lowest BCUT2D eigenvalue weighted by Crippen LogP contribution is -2.06. The zero-order chi connectivity index (χ0) is 13.5. The topological polar surface area (TPSA) is 47.6 Å². The van der Waals surface area contributed by atoms with Gasteiger partial charge in [0.1, 0.15) is 17.3 Å². The predicted octanol–water partition coefficient (Wildman–Crippen LogP) is 2.79. The number of rotatable bonds is 7. The second kappa shape index (κ2) is 6.89. The van der Waals surface area contributed by atoms with Crippen LogP contribution < -0.4 is 14.8 Å². The number of nitrogens with one attached hydrogen (secondary N) is 1. The molecule has 1 aromatic rings. The first-order valence-electron chi connectivity index (χ1n) is 6.05. The van der Waals surface area contributed by atoms with Crippen LogP contribution >= 0.6 is 0 Å². The molecule has 4 heteroatoms. The lowest BCUT2D eigenvalue weighted by atomic mass is 10.1. The number of anilines is 1. The molecule has 1 aromatic carbocycles. The molecule has 0 aromatic heterocycles. The molecule has 0 aliphatic rings. The van der Waals surface area contributed by atoms with Gasteiger partial charge in [0.2, 0.25) is 0 Å². The Bertz CT molecular complexity index is 416. The highest BCUT2D eigenvalue weighted by atomic mass is 16.5. The number of ether oxygens (including phenoxy) is 2. The van der Waals surface area contributed by atoms with Crippen LogP contribution in [0.3, 0.4) is 0 Å². The Morgan fingerprint density at radius 2 is 2.00 bits per heavy atom. The fourth-order valence-electron chi connectivity index (χ4n) is 1.86. The van der Waals surface area contributed by atoms with Crippen LogP contribution in [-0.2, 0) is 4.79 Å². The van der Waals surface area contributed by atoms with Crippen LogP contribution in [0.1, 0.15) is 25.3 Å². The first-order chi connectivity index (χ1) is 8.60. The van der Waals surface area contributed by atoms with Gasteiger partial charge in [0, 0.05) is 18.5 Å². The highest BCUT2D eigenvalue weighted by Crippen LogP contribution is 2.34. The first-order valence-corrected chi connectivity index (χ1v) is 6.05. The number of carbonyl (C=O) groups excluding carboxylic acids is 1. The van der Waals surface area contributed by atoms with Crippen molar-refractivity contribution in [2.24, 2.45) is 0 Å². The van der Waals surface area contributed by atoms with Crippen molar-refractivity contribution in [3.8, 4) is 11.5 Å². The third kappa shape index (κ3) is 3.65. The summed E-state index contributed by atoms with van der Waals surface area (Å²) in [6, 6.07) is 3.84. The molecule has 1 N–H and O–H groups in total. The van der Waals surface area contributed by atoms with Crippen LogP contribution in [-0.4, -0.2) is 26.5 Å². The molecule has 0 fully saturated rings. The van der Waals surface area contributed by atoms with Crippen molar-refractivity contribution < 1.29 is 14.3 Å². The van der Waals surface area contributed by atoms with Gasteiger partial charge >= 0.3 is 0 Å². The Hall–Kier alpha value is -1.71. The van der Waals surface area contributed by atoms with Gasteiger partial charge in [-0.1, -0.05) is 0 Å². The van der Waals surface area contributed by atoms with Crippen LogP contribution in [0.25, 0.3) is 0 Å². The van der Waals surface area contributed by atoms with E-state index in [9.17, 15) is 4.79 Å². The van der Waals surface area contributed by atoms with Gasteiger partial charge in [-0.15, -0.1) is 0 Å². The van der Waals surface area contributed by atoms with E-state index in [4.69, 9.17) is 9.47 Å². The third-order valence-electron chi connectivity index (χ3n) is 2.80. The molecule has 0 unspecified atom stereocenters. The van der Waals surface area contributed by atoms with Gasteiger partial charge in [-0.3, -0.25) is 0 Å². The smallest absolute Gasteiger partial charge is 0.148 e. The maximum absolute atomic E-state index is 10.8. The molecule has 1 rings (SSSR count). The van der Waals surface area contributed by atoms with Gasteiger partial charge in [-0.25, -0.2) is 0 Å². The molecule has 0 amide bonds. The Balaban J connectivity index is 2.71. The van der Waals surface area contributed by atoms with Crippen molar-refractivity contribution in [1.29, 1.82) is 0 Å². The number of benzene rings is 1. The highest BCUT2D eigenvalue weighted by molar-refractivity contribution is 5.75. The largest absolute Gasteiger partial charge is 0.496 e. The summed E-state index contributed by atoms with van der Waals surface area (Å²) in [6.07, 6.45) is 1.42. The lowest BCUT2D eigenvalue weighted by Gasteiger charge is -2.15. The lowest BCUT2D eigenvalue weighted by molar-refractivity contribution is -0.117. The highest BCUT2D eigenvalue weighted by Gasteiger charge is 2.10. The molecule has 4 nitrogen and oxygen atoms in total. The Morgan fingerprint density at radius 1 is 1.28 bits per heavy atom. The second-order valence-electron chi connectivity index (χ2n) is 4.21. The molecule has 0 radical (unpaired) electrons.